The van der Waals surface area contributed by atoms with Crippen LogP contribution in [0.5, 0.6) is 0 Å². The van der Waals surface area contributed by atoms with Crippen LogP contribution in [0.1, 0.15) is 33.1 Å². The summed E-state index contributed by atoms with van der Waals surface area (Å²) in [6.07, 6.45) is 4.75. The summed E-state index contributed by atoms with van der Waals surface area (Å²) in [5.41, 5.74) is 0. The molecule has 0 radical (unpaired) electrons. The van der Waals surface area contributed by atoms with Crippen molar-refractivity contribution in [2.75, 3.05) is 13.6 Å². The second-order valence-corrected chi connectivity index (χ2v) is 4.72. The van der Waals surface area contributed by atoms with Crippen molar-refractivity contribution >= 4 is 6.29 Å². The van der Waals surface area contributed by atoms with E-state index in [1.54, 1.807) is 0 Å². The van der Waals surface area contributed by atoms with E-state index in [4.69, 9.17) is 0 Å². The van der Waals surface area contributed by atoms with Crippen molar-refractivity contribution in [3.05, 3.63) is 0 Å². The lowest BCUT2D eigenvalue weighted by molar-refractivity contribution is -0.111. The molecule has 0 bridgehead atoms. The number of rotatable bonds is 4. The van der Waals surface area contributed by atoms with Crippen molar-refractivity contribution in [1.82, 2.24) is 4.90 Å². The molecule has 0 aromatic rings. The molecule has 13 heavy (non-hydrogen) atoms. The van der Waals surface area contributed by atoms with Gasteiger partial charge in [-0.2, -0.15) is 0 Å². The lowest BCUT2D eigenvalue weighted by Crippen LogP contribution is -2.25. The minimum absolute atomic E-state index is 0.192. The molecular formula is C11H21NO. The minimum Gasteiger partial charge on any atom is -0.302 e. The van der Waals surface area contributed by atoms with E-state index in [2.05, 4.69) is 25.8 Å². The lowest BCUT2D eigenvalue weighted by atomic mass is 9.96. The average Bonchev–Trinajstić information content (AvgIpc) is 2.43. The molecule has 1 fully saturated rings. The van der Waals surface area contributed by atoms with E-state index in [9.17, 15) is 4.79 Å². The molecule has 0 aromatic carbocycles. The molecule has 1 heterocycles. The highest BCUT2D eigenvalue weighted by Gasteiger charge is 2.28. The molecule has 1 rings (SSSR count). The molecule has 0 spiro atoms. The van der Waals surface area contributed by atoms with Crippen LogP contribution in [-0.4, -0.2) is 30.8 Å². The maximum absolute atomic E-state index is 10.7. The van der Waals surface area contributed by atoms with Gasteiger partial charge in [0.05, 0.1) is 6.04 Å². The monoisotopic (exact) mass is 183 g/mol. The zero-order valence-electron chi connectivity index (χ0n) is 8.99. The van der Waals surface area contributed by atoms with Gasteiger partial charge in [-0.3, -0.25) is 4.90 Å². The third-order valence-corrected chi connectivity index (χ3v) is 3.00. The molecule has 1 aliphatic rings. The van der Waals surface area contributed by atoms with Crippen LogP contribution < -0.4 is 0 Å². The van der Waals surface area contributed by atoms with Crippen LogP contribution in [0.4, 0.5) is 0 Å². The first-order valence-electron chi connectivity index (χ1n) is 5.29. The van der Waals surface area contributed by atoms with Gasteiger partial charge in [0.2, 0.25) is 0 Å². The Morgan fingerprint density at radius 1 is 1.54 bits per heavy atom. The van der Waals surface area contributed by atoms with Crippen LogP contribution in [0.25, 0.3) is 0 Å². The van der Waals surface area contributed by atoms with Crippen LogP contribution in [0.15, 0.2) is 0 Å². The molecule has 1 saturated heterocycles. The SMILES string of the molecule is CC(C)CC[C@@H]1C[C@@H](C=O)N(C)C1. The Bertz CT molecular complexity index is 167. The Hall–Kier alpha value is -0.370. The van der Waals surface area contributed by atoms with Crippen molar-refractivity contribution < 1.29 is 4.79 Å². The molecule has 2 nitrogen and oxygen atoms in total. The van der Waals surface area contributed by atoms with Crippen molar-refractivity contribution in [3.63, 3.8) is 0 Å². The number of likely N-dealkylation sites (tertiary alicyclic amines) is 1. The number of hydrogen-bond donors (Lipinski definition) is 0. The molecule has 0 amide bonds. The standard InChI is InChI=1S/C11H21NO/c1-9(2)4-5-10-6-11(8-13)12(3)7-10/h8-11H,4-7H2,1-3H3/t10-,11+/m1/s1. The molecule has 2 atom stereocenters. The summed E-state index contributed by atoms with van der Waals surface area (Å²) in [5.74, 6) is 1.54. The fourth-order valence-corrected chi connectivity index (χ4v) is 2.08. The van der Waals surface area contributed by atoms with E-state index < -0.39 is 0 Å². The fourth-order valence-electron chi connectivity index (χ4n) is 2.08. The highest BCUT2D eigenvalue weighted by atomic mass is 16.1. The number of carbonyl (C=O) groups excluding carboxylic acids is 1. The molecular weight excluding hydrogens is 162 g/mol. The first-order valence-corrected chi connectivity index (χ1v) is 5.29. The van der Waals surface area contributed by atoms with Gasteiger partial charge in [-0.25, -0.2) is 0 Å². The summed E-state index contributed by atoms with van der Waals surface area (Å²) in [5, 5.41) is 0. The maximum Gasteiger partial charge on any atom is 0.137 e. The maximum atomic E-state index is 10.7. The van der Waals surface area contributed by atoms with Gasteiger partial charge in [-0.15, -0.1) is 0 Å². The van der Waals surface area contributed by atoms with Gasteiger partial charge >= 0.3 is 0 Å². The first kappa shape index (κ1) is 10.7. The average molecular weight is 183 g/mol. The Balaban J connectivity index is 2.27. The van der Waals surface area contributed by atoms with E-state index in [1.807, 2.05) is 0 Å². The zero-order valence-corrected chi connectivity index (χ0v) is 8.99. The summed E-state index contributed by atoms with van der Waals surface area (Å²) >= 11 is 0. The van der Waals surface area contributed by atoms with Gasteiger partial charge in [0, 0.05) is 6.54 Å². The number of nitrogens with zero attached hydrogens (tertiary/aromatic N) is 1. The molecule has 1 aliphatic heterocycles. The fraction of sp³-hybridized carbons (Fsp3) is 0.909. The second kappa shape index (κ2) is 4.75. The molecule has 0 aromatic heterocycles. The van der Waals surface area contributed by atoms with Crippen LogP contribution >= 0.6 is 0 Å². The predicted molar refractivity (Wildman–Crippen MR) is 54.7 cm³/mol. The molecule has 0 N–H and O–H groups in total. The summed E-state index contributed by atoms with van der Waals surface area (Å²) in [7, 11) is 2.05. The summed E-state index contributed by atoms with van der Waals surface area (Å²) in [6.45, 7) is 5.63. The Labute approximate surface area is 81.3 Å². The van der Waals surface area contributed by atoms with E-state index in [0.717, 1.165) is 31.1 Å². The third-order valence-electron chi connectivity index (χ3n) is 3.00. The molecule has 0 saturated carbocycles. The number of carbonyl (C=O) groups is 1. The predicted octanol–water partition coefficient (Wildman–Crippen LogP) is 1.94. The number of aldehydes is 1. The van der Waals surface area contributed by atoms with E-state index in [1.165, 1.54) is 12.8 Å². The number of likely N-dealkylation sites (N-methyl/N-ethyl adjacent to an activating group) is 1. The van der Waals surface area contributed by atoms with Gasteiger partial charge in [0.1, 0.15) is 6.29 Å². The normalized spacial score (nSPS) is 29.8. The van der Waals surface area contributed by atoms with Gasteiger partial charge in [-0.1, -0.05) is 20.3 Å². The van der Waals surface area contributed by atoms with Crippen LogP contribution in [0.2, 0.25) is 0 Å². The highest BCUT2D eigenvalue weighted by Crippen LogP contribution is 2.25. The summed E-state index contributed by atoms with van der Waals surface area (Å²) in [4.78, 5) is 12.8. The third kappa shape index (κ3) is 3.11. The van der Waals surface area contributed by atoms with Crippen LogP contribution in [0, 0.1) is 11.8 Å². The lowest BCUT2D eigenvalue weighted by Gasteiger charge is -2.12. The van der Waals surface area contributed by atoms with Crippen LogP contribution in [0.3, 0.4) is 0 Å². The van der Waals surface area contributed by atoms with Gasteiger partial charge < -0.3 is 4.79 Å². The van der Waals surface area contributed by atoms with Crippen molar-refractivity contribution in [3.8, 4) is 0 Å². The van der Waals surface area contributed by atoms with Crippen molar-refractivity contribution in [2.24, 2.45) is 11.8 Å². The number of hydrogen-bond acceptors (Lipinski definition) is 2. The Morgan fingerprint density at radius 2 is 2.23 bits per heavy atom. The molecule has 0 unspecified atom stereocenters. The zero-order chi connectivity index (χ0) is 9.84. The minimum atomic E-state index is 0.192. The highest BCUT2D eigenvalue weighted by molar-refractivity contribution is 5.58. The molecule has 0 aliphatic carbocycles. The quantitative estimate of drug-likeness (QED) is 0.621. The molecule has 76 valence electrons. The van der Waals surface area contributed by atoms with Gasteiger partial charge in [0.25, 0.3) is 0 Å². The largest absolute Gasteiger partial charge is 0.302 e. The van der Waals surface area contributed by atoms with Crippen molar-refractivity contribution in [2.45, 2.75) is 39.2 Å². The summed E-state index contributed by atoms with van der Waals surface area (Å²) in [6, 6.07) is 0.192. The molecule has 2 heteroatoms. The smallest absolute Gasteiger partial charge is 0.137 e. The first-order chi connectivity index (χ1) is 6.13. The van der Waals surface area contributed by atoms with Gasteiger partial charge in [0.15, 0.2) is 0 Å². The van der Waals surface area contributed by atoms with Crippen LogP contribution in [-0.2, 0) is 4.79 Å². The Kier molecular flexibility index (Phi) is 3.91. The van der Waals surface area contributed by atoms with E-state index in [-0.39, 0.29) is 6.04 Å². The van der Waals surface area contributed by atoms with E-state index in [0.29, 0.717) is 0 Å². The van der Waals surface area contributed by atoms with Crippen molar-refractivity contribution in [1.29, 1.82) is 0 Å². The summed E-state index contributed by atoms with van der Waals surface area (Å²) < 4.78 is 0. The van der Waals surface area contributed by atoms with E-state index >= 15 is 0 Å². The van der Waals surface area contributed by atoms with Gasteiger partial charge in [-0.05, 0) is 31.7 Å². The Morgan fingerprint density at radius 3 is 2.69 bits per heavy atom. The second-order valence-electron chi connectivity index (χ2n) is 4.72. The topological polar surface area (TPSA) is 20.3 Å².